The number of sulfonamides is 1. The van der Waals surface area contributed by atoms with Crippen molar-refractivity contribution in [3.05, 3.63) is 24.3 Å². The molecule has 0 atom stereocenters. The molecule has 1 N–H and O–H groups in total. The van der Waals surface area contributed by atoms with Crippen LogP contribution in [0.3, 0.4) is 0 Å². The number of ether oxygens (including phenoxy) is 1. The highest BCUT2D eigenvalue weighted by Crippen LogP contribution is 2.18. The van der Waals surface area contributed by atoms with E-state index in [0.717, 1.165) is 4.47 Å². The number of aliphatic carboxylic acids is 1. The van der Waals surface area contributed by atoms with Gasteiger partial charge in [0.25, 0.3) is 10.0 Å². The first-order valence-corrected chi connectivity index (χ1v) is 6.29. The summed E-state index contributed by atoms with van der Waals surface area (Å²) in [5.74, 6) is -0.831. The van der Waals surface area contributed by atoms with Crippen molar-refractivity contribution >= 4 is 16.0 Å². The Kier molecular flexibility index (Phi) is 4.65. The lowest BCUT2D eigenvalue weighted by molar-refractivity contribution is -0.139. The number of hydrogen-bond donors (Lipinski definition) is 1. The van der Waals surface area contributed by atoms with E-state index in [9.17, 15) is 13.2 Å². The molecular weight excluding hydrogens is 262 g/mol. The van der Waals surface area contributed by atoms with Crippen LogP contribution < -0.4 is 4.74 Å². The SMILES string of the molecule is CON(C)S(=O)(=O)c1ccc(OCC(=O)O)cc1. The van der Waals surface area contributed by atoms with Crippen molar-refractivity contribution < 1.29 is 27.9 Å². The lowest BCUT2D eigenvalue weighted by Crippen LogP contribution is -2.25. The third-order valence-electron chi connectivity index (χ3n) is 2.08. The molecule has 0 bridgehead atoms. The third-order valence-corrected chi connectivity index (χ3v) is 3.77. The summed E-state index contributed by atoms with van der Waals surface area (Å²) >= 11 is 0. The van der Waals surface area contributed by atoms with Crippen molar-refractivity contribution in [3.63, 3.8) is 0 Å². The van der Waals surface area contributed by atoms with Gasteiger partial charge in [0.2, 0.25) is 0 Å². The van der Waals surface area contributed by atoms with Gasteiger partial charge >= 0.3 is 5.97 Å². The minimum Gasteiger partial charge on any atom is -0.482 e. The van der Waals surface area contributed by atoms with Gasteiger partial charge in [-0.1, -0.05) is 4.47 Å². The van der Waals surface area contributed by atoms with Crippen molar-refractivity contribution in [2.75, 3.05) is 20.8 Å². The van der Waals surface area contributed by atoms with E-state index in [-0.39, 0.29) is 10.6 Å². The first-order valence-electron chi connectivity index (χ1n) is 4.85. The van der Waals surface area contributed by atoms with Crippen LogP contribution in [0.2, 0.25) is 0 Å². The topological polar surface area (TPSA) is 93.1 Å². The maximum atomic E-state index is 11.8. The molecule has 8 heteroatoms. The molecule has 0 unspecified atom stereocenters. The predicted molar refractivity (Wildman–Crippen MR) is 61.5 cm³/mol. The Balaban J connectivity index is 2.86. The minimum atomic E-state index is -3.70. The van der Waals surface area contributed by atoms with E-state index in [1.165, 1.54) is 38.4 Å². The van der Waals surface area contributed by atoms with E-state index < -0.39 is 22.6 Å². The molecule has 0 radical (unpaired) electrons. The molecule has 0 aromatic heterocycles. The lowest BCUT2D eigenvalue weighted by atomic mass is 10.3. The highest BCUT2D eigenvalue weighted by molar-refractivity contribution is 7.89. The van der Waals surface area contributed by atoms with Gasteiger partial charge in [-0.3, -0.25) is 4.84 Å². The maximum Gasteiger partial charge on any atom is 0.341 e. The molecular formula is C10H13NO6S. The quantitative estimate of drug-likeness (QED) is 0.752. The molecule has 0 heterocycles. The van der Waals surface area contributed by atoms with E-state index in [1.54, 1.807) is 0 Å². The fourth-order valence-corrected chi connectivity index (χ4v) is 2.07. The molecule has 0 aliphatic heterocycles. The zero-order valence-corrected chi connectivity index (χ0v) is 10.7. The molecule has 1 rings (SSSR count). The summed E-state index contributed by atoms with van der Waals surface area (Å²) in [5, 5.41) is 8.42. The number of rotatable bonds is 6. The summed E-state index contributed by atoms with van der Waals surface area (Å²) in [7, 11) is -1.19. The van der Waals surface area contributed by atoms with Crippen LogP contribution in [-0.2, 0) is 19.7 Å². The molecule has 100 valence electrons. The Morgan fingerprint density at radius 2 is 1.89 bits per heavy atom. The summed E-state index contributed by atoms with van der Waals surface area (Å²) in [5.41, 5.74) is 0. The second-order valence-electron chi connectivity index (χ2n) is 3.25. The summed E-state index contributed by atoms with van der Waals surface area (Å²) in [6.07, 6.45) is 0. The van der Waals surface area contributed by atoms with E-state index in [2.05, 4.69) is 4.84 Å². The van der Waals surface area contributed by atoms with E-state index in [1.807, 2.05) is 0 Å². The van der Waals surface area contributed by atoms with Gasteiger partial charge < -0.3 is 9.84 Å². The zero-order chi connectivity index (χ0) is 13.8. The fraction of sp³-hybridized carbons (Fsp3) is 0.300. The van der Waals surface area contributed by atoms with E-state index >= 15 is 0 Å². The molecule has 0 spiro atoms. The van der Waals surface area contributed by atoms with E-state index in [4.69, 9.17) is 9.84 Å². The molecule has 0 aliphatic rings. The summed E-state index contributed by atoms with van der Waals surface area (Å²) in [6.45, 7) is -0.482. The molecule has 1 aromatic carbocycles. The summed E-state index contributed by atoms with van der Waals surface area (Å²) < 4.78 is 29.2. The first-order chi connectivity index (χ1) is 8.37. The van der Waals surface area contributed by atoms with Crippen molar-refractivity contribution in [2.24, 2.45) is 0 Å². The van der Waals surface area contributed by atoms with E-state index in [0.29, 0.717) is 0 Å². The lowest BCUT2D eigenvalue weighted by Gasteiger charge is -2.14. The number of carboxylic acids is 1. The maximum absolute atomic E-state index is 11.8. The van der Waals surface area contributed by atoms with Gasteiger partial charge in [0, 0.05) is 7.05 Å². The van der Waals surface area contributed by atoms with Crippen LogP contribution in [0.25, 0.3) is 0 Å². The van der Waals surface area contributed by atoms with Gasteiger partial charge in [-0.05, 0) is 24.3 Å². The Hall–Kier alpha value is -1.64. The van der Waals surface area contributed by atoms with Crippen molar-refractivity contribution in [3.8, 4) is 5.75 Å². The van der Waals surface area contributed by atoms with Gasteiger partial charge in [0.15, 0.2) is 6.61 Å². The minimum absolute atomic E-state index is 0.0227. The van der Waals surface area contributed by atoms with Crippen LogP contribution >= 0.6 is 0 Å². The molecule has 0 amide bonds. The first kappa shape index (κ1) is 14.4. The Morgan fingerprint density at radius 3 is 2.33 bits per heavy atom. The normalized spacial score (nSPS) is 11.5. The zero-order valence-electron chi connectivity index (χ0n) is 9.86. The van der Waals surface area contributed by atoms with Gasteiger partial charge in [0.05, 0.1) is 12.0 Å². The molecule has 7 nitrogen and oxygen atoms in total. The number of carbonyl (C=O) groups is 1. The average Bonchev–Trinajstić information content (AvgIpc) is 2.35. The number of nitrogens with zero attached hydrogens (tertiary/aromatic N) is 1. The standard InChI is InChI=1S/C10H13NO6S/c1-11(16-2)18(14,15)9-5-3-8(4-6-9)17-7-10(12)13/h3-6H,7H2,1-2H3,(H,12,13). The molecule has 1 aromatic rings. The van der Waals surface area contributed by atoms with Gasteiger partial charge in [0.1, 0.15) is 5.75 Å². The van der Waals surface area contributed by atoms with Crippen LogP contribution in [0.1, 0.15) is 0 Å². The highest BCUT2D eigenvalue weighted by atomic mass is 32.2. The summed E-state index contributed by atoms with van der Waals surface area (Å²) in [4.78, 5) is 14.9. The Morgan fingerprint density at radius 1 is 1.33 bits per heavy atom. The van der Waals surface area contributed by atoms with Crippen molar-refractivity contribution in [1.29, 1.82) is 0 Å². The number of benzene rings is 1. The van der Waals surface area contributed by atoms with Crippen LogP contribution in [-0.4, -0.2) is 44.7 Å². The summed E-state index contributed by atoms with van der Waals surface area (Å²) in [6, 6.07) is 5.36. The predicted octanol–water partition coefficient (Wildman–Crippen LogP) is 0.332. The smallest absolute Gasteiger partial charge is 0.341 e. The Labute approximate surface area is 105 Å². The number of hydroxylamine groups is 1. The van der Waals surface area contributed by atoms with Gasteiger partial charge in [-0.2, -0.15) is 0 Å². The fourth-order valence-electron chi connectivity index (χ4n) is 1.10. The van der Waals surface area contributed by atoms with Crippen LogP contribution in [0, 0.1) is 0 Å². The molecule has 0 fully saturated rings. The van der Waals surface area contributed by atoms with Crippen LogP contribution in [0.15, 0.2) is 29.2 Å². The number of hydrogen-bond acceptors (Lipinski definition) is 5. The van der Waals surface area contributed by atoms with Crippen molar-refractivity contribution in [1.82, 2.24) is 4.47 Å². The number of carboxylic acid groups (broad SMARTS) is 1. The molecule has 0 aliphatic carbocycles. The molecule has 18 heavy (non-hydrogen) atoms. The monoisotopic (exact) mass is 275 g/mol. The molecule has 0 saturated heterocycles. The van der Waals surface area contributed by atoms with Gasteiger partial charge in [-0.15, -0.1) is 0 Å². The largest absolute Gasteiger partial charge is 0.482 e. The molecule has 0 saturated carbocycles. The second kappa shape index (κ2) is 5.80. The van der Waals surface area contributed by atoms with Crippen LogP contribution in [0.5, 0.6) is 5.75 Å². The Bertz CT molecular complexity index is 510. The highest BCUT2D eigenvalue weighted by Gasteiger charge is 2.20. The van der Waals surface area contributed by atoms with Crippen molar-refractivity contribution in [2.45, 2.75) is 4.90 Å². The average molecular weight is 275 g/mol. The third kappa shape index (κ3) is 3.42. The van der Waals surface area contributed by atoms with Crippen LogP contribution in [0.4, 0.5) is 0 Å². The second-order valence-corrected chi connectivity index (χ2v) is 5.19. The van der Waals surface area contributed by atoms with Gasteiger partial charge in [-0.25, -0.2) is 13.2 Å².